The number of rotatable bonds is 5. The molecule has 0 saturated heterocycles. The lowest BCUT2D eigenvalue weighted by Gasteiger charge is -2.02. The van der Waals surface area contributed by atoms with Gasteiger partial charge in [-0.3, -0.25) is 0 Å². The maximum atomic E-state index is 5.55. The summed E-state index contributed by atoms with van der Waals surface area (Å²) in [6.45, 7) is 0.732. The fraction of sp³-hybridized carbons (Fsp3) is 0.158. The summed E-state index contributed by atoms with van der Waals surface area (Å²) in [6, 6.07) is 16.5. The highest BCUT2D eigenvalue weighted by atomic mass is 14.5. The number of aryl methyl sites for hydroxylation is 1. The van der Waals surface area contributed by atoms with Gasteiger partial charge in [-0.05, 0) is 42.1 Å². The van der Waals surface area contributed by atoms with Gasteiger partial charge in [0.1, 0.15) is 0 Å². The highest BCUT2D eigenvalue weighted by Crippen LogP contribution is 2.14. The van der Waals surface area contributed by atoms with E-state index in [2.05, 4.69) is 42.3 Å². The Balaban J connectivity index is 2.17. The molecule has 0 amide bonds. The average Bonchev–Trinajstić information content (AvgIpc) is 2.51. The highest BCUT2D eigenvalue weighted by molar-refractivity contribution is 5.72. The maximum absolute atomic E-state index is 5.55. The summed E-state index contributed by atoms with van der Waals surface area (Å²) in [5.41, 5.74) is 10.0. The molecule has 2 aromatic carbocycles. The largest absolute Gasteiger partial charge is 0.330 e. The second-order valence-electron chi connectivity index (χ2n) is 4.70. The second-order valence-corrected chi connectivity index (χ2v) is 4.70. The quantitative estimate of drug-likeness (QED) is 0.644. The Morgan fingerprint density at radius 1 is 1.05 bits per heavy atom. The molecule has 0 spiro atoms. The van der Waals surface area contributed by atoms with E-state index in [9.17, 15) is 0 Å². The van der Waals surface area contributed by atoms with Crippen LogP contribution < -0.4 is 5.73 Å². The minimum Gasteiger partial charge on any atom is -0.330 e. The molecule has 0 fully saturated rings. The van der Waals surface area contributed by atoms with E-state index in [1.54, 1.807) is 0 Å². The normalized spacial score (nSPS) is 10.6. The van der Waals surface area contributed by atoms with Crippen molar-refractivity contribution in [1.29, 1.82) is 0 Å². The van der Waals surface area contributed by atoms with E-state index in [0.717, 1.165) is 30.5 Å². The van der Waals surface area contributed by atoms with Gasteiger partial charge < -0.3 is 5.73 Å². The molecule has 2 N–H and O–H groups in total. The van der Waals surface area contributed by atoms with Crippen molar-refractivity contribution in [2.75, 3.05) is 6.54 Å². The molecule has 2 aromatic rings. The Bertz CT molecular complexity index is 632. The monoisotopic (exact) mass is 261 g/mol. The first-order valence-electron chi connectivity index (χ1n) is 6.86. The summed E-state index contributed by atoms with van der Waals surface area (Å²) in [5, 5.41) is 0. The fourth-order valence-electron chi connectivity index (χ4n) is 2.12. The Morgan fingerprint density at radius 2 is 1.90 bits per heavy atom. The third-order valence-electron chi connectivity index (χ3n) is 3.19. The highest BCUT2D eigenvalue weighted by Gasteiger charge is 1.96. The van der Waals surface area contributed by atoms with Crippen LogP contribution in [0, 0.1) is 12.3 Å². The van der Waals surface area contributed by atoms with Gasteiger partial charge in [0.2, 0.25) is 0 Å². The molecule has 0 unspecified atom stereocenters. The standard InChI is InChI=1S/C19H19N/c1-2-18-10-3-4-11-19(18)13-12-17-8-5-7-16(15-17)9-6-14-20/h1,3-5,7-8,10-13,15H,6,9,14,20H2. The Kier molecular flexibility index (Phi) is 5.17. The lowest BCUT2D eigenvalue weighted by Crippen LogP contribution is -2.00. The smallest absolute Gasteiger partial charge is 0.0315 e. The van der Waals surface area contributed by atoms with Gasteiger partial charge in [0.05, 0.1) is 0 Å². The molecule has 0 aliphatic heterocycles. The molecule has 0 aliphatic carbocycles. The first-order chi connectivity index (χ1) is 9.83. The molecule has 0 atom stereocenters. The van der Waals surface area contributed by atoms with E-state index in [0.29, 0.717) is 0 Å². The molecular weight excluding hydrogens is 242 g/mol. The van der Waals surface area contributed by atoms with Crippen LogP contribution in [0.1, 0.15) is 28.7 Å². The van der Waals surface area contributed by atoms with Crippen molar-refractivity contribution in [3.05, 3.63) is 70.8 Å². The minimum absolute atomic E-state index is 0.732. The fourth-order valence-corrected chi connectivity index (χ4v) is 2.12. The van der Waals surface area contributed by atoms with E-state index < -0.39 is 0 Å². The van der Waals surface area contributed by atoms with Crippen molar-refractivity contribution in [2.24, 2.45) is 5.73 Å². The Labute approximate surface area is 121 Å². The van der Waals surface area contributed by atoms with Gasteiger partial charge in [-0.1, -0.05) is 60.5 Å². The van der Waals surface area contributed by atoms with Crippen LogP contribution in [0.4, 0.5) is 0 Å². The van der Waals surface area contributed by atoms with Gasteiger partial charge in [0, 0.05) is 5.56 Å². The molecule has 0 aromatic heterocycles. The molecule has 2 rings (SSSR count). The summed E-state index contributed by atoms with van der Waals surface area (Å²) in [6.07, 6.45) is 11.7. The summed E-state index contributed by atoms with van der Waals surface area (Å²) in [5.74, 6) is 2.71. The van der Waals surface area contributed by atoms with Crippen LogP contribution in [0.15, 0.2) is 48.5 Å². The summed E-state index contributed by atoms with van der Waals surface area (Å²) in [7, 11) is 0. The van der Waals surface area contributed by atoms with Crippen molar-refractivity contribution in [2.45, 2.75) is 12.8 Å². The zero-order valence-corrected chi connectivity index (χ0v) is 11.5. The van der Waals surface area contributed by atoms with Gasteiger partial charge in [-0.2, -0.15) is 0 Å². The minimum atomic E-state index is 0.732. The number of benzene rings is 2. The molecular formula is C19H19N. The molecule has 0 saturated carbocycles. The third kappa shape index (κ3) is 3.85. The first kappa shape index (κ1) is 14.1. The topological polar surface area (TPSA) is 26.0 Å². The first-order valence-corrected chi connectivity index (χ1v) is 6.86. The number of hydrogen-bond acceptors (Lipinski definition) is 1. The van der Waals surface area contributed by atoms with Crippen molar-refractivity contribution in [3.63, 3.8) is 0 Å². The number of nitrogens with two attached hydrogens (primary N) is 1. The van der Waals surface area contributed by atoms with Gasteiger partial charge in [0.15, 0.2) is 0 Å². The zero-order valence-electron chi connectivity index (χ0n) is 11.5. The number of hydrogen-bond donors (Lipinski definition) is 1. The van der Waals surface area contributed by atoms with E-state index in [1.807, 2.05) is 24.3 Å². The molecule has 0 aliphatic rings. The number of terminal acetylenes is 1. The Hall–Kier alpha value is -2.30. The van der Waals surface area contributed by atoms with Gasteiger partial charge >= 0.3 is 0 Å². The van der Waals surface area contributed by atoms with Crippen molar-refractivity contribution < 1.29 is 0 Å². The average molecular weight is 261 g/mol. The van der Waals surface area contributed by atoms with E-state index in [4.69, 9.17) is 12.2 Å². The lowest BCUT2D eigenvalue weighted by atomic mass is 10.0. The predicted molar refractivity (Wildman–Crippen MR) is 87.1 cm³/mol. The van der Waals surface area contributed by atoms with Gasteiger partial charge in [-0.15, -0.1) is 6.42 Å². The molecule has 100 valence electrons. The van der Waals surface area contributed by atoms with Crippen LogP contribution in [0.2, 0.25) is 0 Å². The van der Waals surface area contributed by atoms with Crippen molar-refractivity contribution >= 4 is 12.2 Å². The summed E-state index contributed by atoms with van der Waals surface area (Å²) >= 11 is 0. The van der Waals surface area contributed by atoms with Crippen LogP contribution in [0.25, 0.3) is 12.2 Å². The molecule has 20 heavy (non-hydrogen) atoms. The molecule has 1 heteroatoms. The van der Waals surface area contributed by atoms with Gasteiger partial charge in [-0.25, -0.2) is 0 Å². The molecule has 1 nitrogen and oxygen atoms in total. The third-order valence-corrected chi connectivity index (χ3v) is 3.19. The molecule has 0 bridgehead atoms. The summed E-state index contributed by atoms with van der Waals surface area (Å²) in [4.78, 5) is 0. The molecule has 0 heterocycles. The van der Waals surface area contributed by atoms with Crippen LogP contribution >= 0.6 is 0 Å². The summed E-state index contributed by atoms with van der Waals surface area (Å²) < 4.78 is 0. The van der Waals surface area contributed by atoms with Crippen LogP contribution in [0.3, 0.4) is 0 Å². The lowest BCUT2D eigenvalue weighted by molar-refractivity contribution is 0.832. The SMILES string of the molecule is C#Cc1ccccc1C=Cc1cccc(CCCN)c1. The van der Waals surface area contributed by atoms with E-state index >= 15 is 0 Å². The van der Waals surface area contributed by atoms with Crippen molar-refractivity contribution in [1.82, 2.24) is 0 Å². The zero-order chi connectivity index (χ0) is 14.2. The maximum Gasteiger partial charge on any atom is 0.0315 e. The van der Waals surface area contributed by atoms with Crippen LogP contribution in [0.5, 0.6) is 0 Å². The van der Waals surface area contributed by atoms with Gasteiger partial charge in [0.25, 0.3) is 0 Å². The second kappa shape index (κ2) is 7.33. The molecule has 0 radical (unpaired) electrons. The van der Waals surface area contributed by atoms with Crippen molar-refractivity contribution in [3.8, 4) is 12.3 Å². The predicted octanol–water partition coefficient (Wildman–Crippen LogP) is 3.73. The van der Waals surface area contributed by atoms with Crippen LogP contribution in [-0.4, -0.2) is 6.54 Å². The van der Waals surface area contributed by atoms with Crippen LogP contribution in [-0.2, 0) is 6.42 Å². The van der Waals surface area contributed by atoms with E-state index in [-0.39, 0.29) is 0 Å². The van der Waals surface area contributed by atoms with E-state index in [1.165, 1.54) is 11.1 Å². The Morgan fingerprint density at radius 3 is 2.70 bits per heavy atom.